The highest BCUT2D eigenvalue weighted by molar-refractivity contribution is 5.76. The lowest BCUT2D eigenvalue weighted by Crippen LogP contribution is -2.30. The summed E-state index contributed by atoms with van der Waals surface area (Å²) in [4.78, 5) is 10.7. The minimum atomic E-state index is -0.491. The Balaban J connectivity index is 4.04. The largest absolute Gasteiger partial charge is 0.392 e. The number of ketones is 1. The van der Waals surface area contributed by atoms with Gasteiger partial charge in [0, 0.05) is 6.42 Å². The minimum absolute atomic E-state index is 0.0617. The first-order valence-corrected chi connectivity index (χ1v) is 4.57. The number of carbonyl (C=O) groups is 1. The lowest BCUT2D eigenvalue weighted by Gasteiger charge is -2.29. The van der Waals surface area contributed by atoms with E-state index in [1.54, 1.807) is 0 Å². The summed E-state index contributed by atoms with van der Waals surface area (Å²) >= 11 is 0. The summed E-state index contributed by atoms with van der Waals surface area (Å²) in [5.41, 5.74) is -0.125. The minimum Gasteiger partial charge on any atom is -0.392 e. The van der Waals surface area contributed by atoms with E-state index in [0.717, 1.165) is 12.8 Å². The molecule has 0 aromatic rings. The molecule has 0 unspecified atom stereocenters. The van der Waals surface area contributed by atoms with Crippen LogP contribution >= 0.6 is 0 Å². The van der Waals surface area contributed by atoms with E-state index in [0.29, 0.717) is 0 Å². The maximum absolute atomic E-state index is 10.7. The van der Waals surface area contributed by atoms with Gasteiger partial charge in [-0.1, -0.05) is 27.2 Å². The summed E-state index contributed by atoms with van der Waals surface area (Å²) in [5, 5.41) is 9.66. The number of carbonyl (C=O) groups excluding carboxylic acids is 1. The molecule has 2 nitrogen and oxygen atoms in total. The summed E-state index contributed by atoms with van der Waals surface area (Å²) < 4.78 is 0. The number of aliphatic hydroxyl groups is 1. The molecule has 0 aliphatic rings. The second-order valence-corrected chi connectivity index (χ2v) is 4.16. The molecule has 0 heterocycles. The SMILES string of the molecule is CCCC(C)(C)[C@H](O)CC(C)=O. The maximum Gasteiger partial charge on any atom is 0.132 e. The Hall–Kier alpha value is -0.370. The van der Waals surface area contributed by atoms with E-state index >= 15 is 0 Å². The van der Waals surface area contributed by atoms with Crippen LogP contribution in [-0.2, 0) is 4.79 Å². The Kier molecular flexibility index (Phi) is 4.46. The van der Waals surface area contributed by atoms with Gasteiger partial charge in [0.25, 0.3) is 0 Å². The molecule has 0 bridgehead atoms. The highest BCUT2D eigenvalue weighted by Gasteiger charge is 2.27. The Morgan fingerprint density at radius 3 is 2.33 bits per heavy atom. The summed E-state index contributed by atoms with van der Waals surface area (Å²) in [6, 6.07) is 0. The molecule has 0 aromatic heterocycles. The Bertz CT molecular complexity index is 150. The van der Waals surface area contributed by atoms with Crippen LogP contribution in [0.2, 0.25) is 0 Å². The van der Waals surface area contributed by atoms with Gasteiger partial charge in [0.05, 0.1) is 6.10 Å². The van der Waals surface area contributed by atoms with E-state index in [9.17, 15) is 9.90 Å². The van der Waals surface area contributed by atoms with Gasteiger partial charge in [-0.3, -0.25) is 4.79 Å². The number of Topliss-reactive ketones (excluding diaryl/α,β-unsaturated/α-hetero) is 1. The molecule has 0 saturated heterocycles. The van der Waals surface area contributed by atoms with Crippen LogP contribution in [0.3, 0.4) is 0 Å². The predicted molar refractivity (Wildman–Crippen MR) is 50.0 cm³/mol. The van der Waals surface area contributed by atoms with E-state index in [2.05, 4.69) is 6.92 Å². The maximum atomic E-state index is 10.7. The van der Waals surface area contributed by atoms with Gasteiger partial charge < -0.3 is 5.11 Å². The molecule has 0 amide bonds. The molecule has 0 aromatic carbocycles. The van der Waals surface area contributed by atoms with E-state index in [1.165, 1.54) is 6.92 Å². The first kappa shape index (κ1) is 11.6. The van der Waals surface area contributed by atoms with Crippen molar-refractivity contribution in [1.82, 2.24) is 0 Å². The van der Waals surface area contributed by atoms with Crippen molar-refractivity contribution in [1.29, 1.82) is 0 Å². The second-order valence-electron chi connectivity index (χ2n) is 4.16. The smallest absolute Gasteiger partial charge is 0.132 e. The molecule has 1 atom stereocenters. The van der Waals surface area contributed by atoms with E-state index in [-0.39, 0.29) is 17.6 Å². The highest BCUT2D eigenvalue weighted by Crippen LogP contribution is 2.28. The highest BCUT2D eigenvalue weighted by atomic mass is 16.3. The second kappa shape index (κ2) is 4.61. The zero-order chi connectivity index (χ0) is 9.78. The van der Waals surface area contributed by atoms with Crippen molar-refractivity contribution in [2.24, 2.45) is 5.41 Å². The normalized spacial score (nSPS) is 14.4. The summed E-state index contributed by atoms with van der Waals surface area (Å²) in [7, 11) is 0. The number of hydrogen-bond acceptors (Lipinski definition) is 2. The molecule has 12 heavy (non-hydrogen) atoms. The van der Waals surface area contributed by atoms with Crippen molar-refractivity contribution in [2.75, 3.05) is 0 Å². The fourth-order valence-corrected chi connectivity index (χ4v) is 1.36. The van der Waals surface area contributed by atoms with Crippen LogP contribution in [0.1, 0.15) is 47.0 Å². The van der Waals surface area contributed by atoms with Crippen molar-refractivity contribution in [3.05, 3.63) is 0 Å². The van der Waals surface area contributed by atoms with Crippen molar-refractivity contribution >= 4 is 5.78 Å². The molecular formula is C10H20O2. The summed E-state index contributed by atoms with van der Waals surface area (Å²) in [5.74, 6) is 0.0617. The topological polar surface area (TPSA) is 37.3 Å². The van der Waals surface area contributed by atoms with E-state index in [1.807, 2.05) is 13.8 Å². The number of hydrogen-bond donors (Lipinski definition) is 1. The first-order valence-electron chi connectivity index (χ1n) is 4.57. The van der Waals surface area contributed by atoms with Crippen LogP contribution < -0.4 is 0 Å². The lowest BCUT2D eigenvalue weighted by molar-refractivity contribution is -0.120. The van der Waals surface area contributed by atoms with Gasteiger partial charge in [0.1, 0.15) is 5.78 Å². The van der Waals surface area contributed by atoms with Crippen LogP contribution in [0.25, 0.3) is 0 Å². The molecule has 0 aliphatic heterocycles. The third-order valence-electron chi connectivity index (χ3n) is 2.28. The molecule has 0 aliphatic carbocycles. The van der Waals surface area contributed by atoms with E-state index < -0.39 is 6.10 Å². The molecule has 72 valence electrons. The zero-order valence-corrected chi connectivity index (χ0v) is 8.55. The van der Waals surface area contributed by atoms with Crippen LogP contribution in [-0.4, -0.2) is 17.0 Å². The first-order chi connectivity index (χ1) is 5.40. The zero-order valence-electron chi connectivity index (χ0n) is 8.55. The van der Waals surface area contributed by atoms with Gasteiger partial charge >= 0.3 is 0 Å². The van der Waals surface area contributed by atoms with Crippen molar-refractivity contribution in [2.45, 2.75) is 53.1 Å². The van der Waals surface area contributed by atoms with Crippen molar-refractivity contribution < 1.29 is 9.90 Å². The van der Waals surface area contributed by atoms with Crippen LogP contribution in [0, 0.1) is 5.41 Å². The van der Waals surface area contributed by atoms with Crippen LogP contribution in [0.15, 0.2) is 0 Å². The standard InChI is InChI=1S/C10H20O2/c1-5-6-10(3,4)9(12)7-8(2)11/h9,12H,5-7H2,1-4H3/t9-/m1/s1. The van der Waals surface area contributed by atoms with Crippen molar-refractivity contribution in [3.63, 3.8) is 0 Å². The average Bonchev–Trinajstić information content (AvgIpc) is 1.85. The van der Waals surface area contributed by atoms with Gasteiger partial charge in [-0.05, 0) is 18.8 Å². The molecule has 0 spiro atoms. The van der Waals surface area contributed by atoms with Crippen LogP contribution in [0.4, 0.5) is 0 Å². The third kappa shape index (κ3) is 3.86. The monoisotopic (exact) mass is 172 g/mol. The van der Waals surface area contributed by atoms with E-state index in [4.69, 9.17) is 0 Å². The Morgan fingerprint density at radius 2 is 2.00 bits per heavy atom. The number of aliphatic hydroxyl groups excluding tert-OH is 1. The van der Waals surface area contributed by atoms with Gasteiger partial charge in [0.15, 0.2) is 0 Å². The molecule has 0 fully saturated rings. The lowest BCUT2D eigenvalue weighted by atomic mass is 9.80. The van der Waals surface area contributed by atoms with Crippen LogP contribution in [0.5, 0.6) is 0 Å². The fraction of sp³-hybridized carbons (Fsp3) is 0.900. The molecular weight excluding hydrogens is 152 g/mol. The summed E-state index contributed by atoms with van der Waals surface area (Å²) in [6.45, 7) is 7.61. The molecule has 0 rings (SSSR count). The van der Waals surface area contributed by atoms with Gasteiger partial charge in [0.2, 0.25) is 0 Å². The van der Waals surface area contributed by atoms with Crippen molar-refractivity contribution in [3.8, 4) is 0 Å². The number of rotatable bonds is 5. The molecule has 1 N–H and O–H groups in total. The Labute approximate surface area is 75.0 Å². The molecule has 2 heteroatoms. The summed E-state index contributed by atoms with van der Waals surface area (Å²) in [6.07, 6.45) is 1.80. The van der Waals surface area contributed by atoms with Gasteiger partial charge in [-0.25, -0.2) is 0 Å². The Morgan fingerprint density at radius 1 is 1.50 bits per heavy atom. The molecule has 0 radical (unpaired) electrons. The average molecular weight is 172 g/mol. The fourth-order valence-electron chi connectivity index (χ4n) is 1.36. The quantitative estimate of drug-likeness (QED) is 0.690. The molecule has 0 saturated carbocycles. The third-order valence-corrected chi connectivity index (χ3v) is 2.28. The predicted octanol–water partition coefficient (Wildman–Crippen LogP) is 2.15. The van der Waals surface area contributed by atoms with Gasteiger partial charge in [-0.15, -0.1) is 0 Å². The van der Waals surface area contributed by atoms with Gasteiger partial charge in [-0.2, -0.15) is 0 Å².